The third-order valence-electron chi connectivity index (χ3n) is 3.79. The average molecular weight is 354 g/mol. The molecule has 0 saturated carbocycles. The maximum atomic E-state index is 12.4. The molecule has 0 fully saturated rings. The van der Waals surface area contributed by atoms with E-state index < -0.39 is 5.97 Å². The average Bonchev–Trinajstić information content (AvgIpc) is 2.58. The second-order valence-corrected chi connectivity index (χ2v) is 6.07. The van der Waals surface area contributed by atoms with Gasteiger partial charge in [0.2, 0.25) is 11.8 Å². The molecule has 0 aliphatic heterocycles. The number of anilines is 2. The van der Waals surface area contributed by atoms with Crippen molar-refractivity contribution in [2.45, 2.75) is 20.8 Å². The summed E-state index contributed by atoms with van der Waals surface area (Å²) >= 11 is 0. The van der Waals surface area contributed by atoms with E-state index >= 15 is 0 Å². The number of benzene rings is 2. The third kappa shape index (κ3) is 4.92. The van der Waals surface area contributed by atoms with Crippen LogP contribution in [0.1, 0.15) is 28.4 Å². The molecule has 0 saturated heterocycles. The fourth-order valence-electron chi connectivity index (χ4n) is 2.67. The predicted molar refractivity (Wildman–Crippen MR) is 100 cm³/mol. The molecule has 6 heteroatoms. The van der Waals surface area contributed by atoms with Crippen LogP contribution in [-0.2, 0) is 14.3 Å². The molecule has 0 radical (unpaired) electrons. The summed E-state index contributed by atoms with van der Waals surface area (Å²) in [6, 6.07) is 12.1. The van der Waals surface area contributed by atoms with Gasteiger partial charge in [0.15, 0.2) is 0 Å². The number of carbonyl (C=O) groups excluding carboxylic acids is 3. The zero-order valence-corrected chi connectivity index (χ0v) is 15.3. The van der Waals surface area contributed by atoms with Crippen LogP contribution < -0.4 is 10.2 Å². The van der Waals surface area contributed by atoms with Crippen molar-refractivity contribution in [2.75, 3.05) is 23.9 Å². The summed E-state index contributed by atoms with van der Waals surface area (Å²) in [6.07, 6.45) is 0. The smallest absolute Gasteiger partial charge is 0.337 e. The molecule has 0 aliphatic rings. The Morgan fingerprint density at radius 3 is 2.08 bits per heavy atom. The van der Waals surface area contributed by atoms with Crippen molar-refractivity contribution < 1.29 is 19.1 Å². The van der Waals surface area contributed by atoms with Crippen molar-refractivity contribution in [2.24, 2.45) is 0 Å². The van der Waals surface area contributed by atoms with E-state index in [2.05, 4.69) is 10.1 Å². The molecule has 0 aliphatic carbocycles. The number of carbonyl (C=O) groups is 3. The van der Waals surface area contributed by atoms with Gasteiger partial charge in [-0.1, -0.05) is 6.07 Å². The summed E-state index contributed by atoms with van der Waals surface area (Å²) in [7, 11) is 1.30. The molecule has 2 rings (SSSR count). The SMILES string of the molecule is COC(=O)c1ccc(N(CC(=O)Nc2cc(C)cc(C)c2)C(C)=O)cc1. The topological polar surface area (TPSA) is 75.7 Å². The van der Waals surface area contributed by atoms with Crippen LogP contribution in [0.2, 0.25) is 0 Å². The maximum absolute atomic E-state index is 12.4. The number of amides is 2. The van der Waals surface area contributed by atoms with Gasteiger partial charge in [0, 0.05) is 18.3 Å². The van der Waals surface area contributed by atoms with Gasteiger partial charge < -0.3 is 15.0 Å². The van der Waals surface area contributed by atoms with Gasteiger partial charge in [-0.25, -0.2) is 4.79 Å². The zero-order chi connectivity index (χ0) is 19.3. The van der Waals surface area contributed by atoms with Crippen LogP contribution in [0.4, 0.5) is 11.4 Å². The quantitative estimate of drug-likeness (QED) is 0.837. The molecule has 6 nitrogen and oxygen atoms in total. The number of rotatable bonds is 5. The van der Waals surface area contributed by atoms with E-state index in [9.17, 15) is 14.4 Å². The van der Waals surface area contributed by atoms with Gasteiger partial charge in [0.05, 0.1) is 12.7 Å². The van der Waals surface area contributed by atoms with E-state index in [1.165, 1.54) is 18.9 Å². The molecule has 1 N–H and O–H groups in total. The highest BCUT2D eigenvalue weighted by Gasteiger charge is 2.17. The molecule has 136 valence electrons. The Hall–Kier alpha value is -3.15. The van der Waals surface area contributed by atoms with Crippen molar-refractivity contribution in [3.63, 3.8) is 0 Å². The summed E-state index contributed by atoms with van der Waals surface area (Å²) in [5, 5.41) is 2.81. The minimum absolute atomic E-state index is 0.125. The minimum Gasteiger partial charge on any atom is -0.465 e. The minimum atomic E-state index is -0.460. The first kappa shape index (κ1) is 19.2. The molecule has 0 spiro atoms. The Balaban J connectivity index is 2.13. The highest BCUT2D eigenvalue weighted by molar-refractivity contribution is 6.02. The fourth-order valence-corrected chi connectivity index (χ4v) is 2.67. The number of nitrogens with zero attached hydrogens (tertiary/aromatic N) is 1. The predicted octanol–water partition coefficient (Wildman–Crippen LogP) is 3.08. The molecular weight excluding hydrogens is 332 g/mol. The number of esters is 1. The zero-order valence-electron chi connectivity index (χ0n) is 15.3. The molecule has 0 unspecified atom stereocenters. The summed E-state index contributed by atoms with van der Waals surface area (Å²) in [5.74, 6) is -1.04. The molecule has 26 heavy (non-hydrogen) atoms. The van der Waals surface area contributed by atoms with Crippen LogP contribution in [0.25, 0.3) is 0 Å². The molecular formula is C20H22N2O4. The monoisotopic (exact) mass is 354 g/mol. The summed E-state index contributed by atoms with van der Waals surface area (Å²) < 4.78 is 4.65. The van der Waals surface area contributed by atoms with Crippen molar-refractivity contribution in [1.82, 2.24) is 0 Å². The van der Waals surface area contributed by atoms with Crippen molar-refractivity contribution in [1.29, 1.82) is 0 Å². The molecule has 0 aromatic heterocycles. The van der Waals surface area contributed by atoms with E-state index in [-0.39, 0.29) is 18.4 Å². The van der Waals surface area contributed by atoms with Gasteiger partial charge >= 0.3 is 5.97 Å². The molecule has 2 aromatic rings. The van der Waals surface area contributed by atoms with E-state index in [4.69, 9.17) is 0 Å². The van der Waals surface area contributed by atoms with Crippen LogP contribution in [0.3, 0.4) is 0 Å². The van der Waals surface area contributed by atoms with Crippen molar-refractivity contribution in [3.8, 4) is 0 Å². The molecule has 0 bridgehead atoms. The lowest BCUT2D eigenvalue weighted by molar-refractivity contribution is -0.120. The van der Waals surface area contributed by atoms with E-state index in [0.717, 1.165) is 11.1 Å². The van der Waals surface area contributed by atoms with Gasteiger partial charge in [0.1, 0.15) is 6.54 Å². The van der Waals surface area contributed by atoms with E-state index in [1.807, 2.05) is 32.0 Å². The molecule has 0 atom stereocenters. The Morgan fingerprint density at radius 2 is 1.58 bits per heavy atom. The lowest BCUT2D eigenvalue weighted by Crippen LogP contribution is -2.36. The van der Waals surface area contributed by atoms with Crippen molar-refractivity contribution >= 4 is 29.2 Å². The van der Waals surface area contributed by atoms with Crippen LogP contribution in [-0.4, -0.2) is 31.4 Å². The van der Waals surface area contributed by atoms with Gasteiger partial charge in [-0.15, -0.1) is 0 Å². The van der Waals surface area contributed by atoms with Gasteiger partial charge in [-0.3, -0.25) is 9.59 Å². The number of methoxy groups -OCH3 is 1. The third-order valence-corrected chi connectivity index (χ3v) is 3.79. The second-order valence-electron chi connectivity index (χ2n) is 6.07. The largest absolute Gasteiger partial charge is 0.465 e. The Morgan fingerprint density at radius 1 is 1.00 bits per heavy atom. The van der Waals surface area contributed by atoms with Gasteiger partial charge in [-0.2, -0.15) is 0 Å². The van der Waals surface area contributed by atoms with E-state index in [0.29, 0.717) is 16.9 Å². The van der Waals surface area contributed by atoms with Gasteiger partial charge in [0.25, 0.3) is 0 Å². The standard InChI is InChI=1S/C20H22N2O4/c1-13-9-14(2)11-17(10-13)21-19(24)12-22(15(3)23)18-7-5-16(6-8-18)20(25)26-4/h5-11H,12H2,1-4H3,(H,21,24). The highest BCUT2D eigenvalue weighted by atomic mass is 16.5. The van der Waals surface area contributed by atoms with Gasteiger partial charge in [-0.05, 0) is 61.4 Å². The molecule has 0 heterocycles. The van der Waals surface area contributed by atoms with Crippen LogP contribution in [0, 0.1) is 13.8 Å². The lowest BCUT2D eigenvalue weighted by atomic mass is 10.1. The summed E-state index contributed by atoms with van der Waals surface area (Å²) in [4.78, 5) is 37.2. The fraction of sp³-hybridized carbons (Fsp3) is 0.250. The highest BCUT2D eigenvalue weighted by Crippen LogP contribution is 2.17. The molecule has 2 aromatic carbocycles. The number of nitrogens with one attached hydrogen (secondary N) is 1. The first-order valence-corrected chi connectivity index (χ1v) is 8.15. The Labute approximate surface area is 152 Å². The second kappa shape index (κ2) is 8.29. The first-order valence-electron chi connectivity index (χ1n) is 8.15. The van der Waals surface area contributed by atoms with E-state index in [1.54, 1.807) is 24.3 Å². The maximum Gasteiger partial charge on any atom is 0.337 e. The number of hydrogen-bond donors (Lipinski definition) is 1. The van der Waals surface area contributed by atoms with Crippen molar-refractivity contribution in [3.05, 3.63) is 59.2 Å². The Kier molecular flexibility index (Phi) is 6.11. The van der Waals surface area contributed by atoms with Crippen LogP contribution in [0.5, 0.6) is 0 Å². The number of hydrogen-bond acceptors (Lipinski definition) is 4. The van der Waals surface area contributed by atoms with Crippen LogP contribution >= 0.6 is 0 Å². The normalized spacial score (nSPS) is 10.2. The Bertz CT molecular complexity index is 808. The summed E-state index contributed by atoms with van der Waals surface area (Å²) in [6.45, 7) is 5.17. The summed E-state index contributed by atoms with van der Waals surface area (Å²) in [5.41, 5.74) is 3.68. The lowest BCUT2D eigenvalue weighted by Gasteiger charge is -2.21. The number of ether oxygens (including phenoxy) is 1. The molecule has 2 amide bonds. The number of aryl methyl sites for hydroxylation is 2. The first-order chi connectivity index (χ1) is 12.3. The van der Waals surface area contributed by atoms with Crippen LogP contribution in [0.15, 0.2) is 42.5 Å².